The molecule has 1 saturated heterocycles. The lowest BCUT2D eigenvalue weighted by molar-refractivity contribution is -0.153. The maximum atomic E-state index is 13.2. The average Bonchev–Trinajstić information content (AvgIpc) is 2.47. The molecular formula is C14H16F4N2O2. The molecule has 122 valence electrons. The molecule has 1 aromatic rings. The second kappa shape index (κ2) is 6.95. The quantitative estimate of drug-likeness (QED) is 0.839. The summed E-state index contributed by atoms with van der Waals surface area (Å²) in [6, 6.07) is 3.07. The molecule has 0 radical (unpaired) electrons. The van der Waals surface area contributed by atoms with E-state index in [-0.39, 0.29) is 23.3 Å². The molecule has 1 aliphatic heterocycles. The average molecular weight is 320 g/mol. The van der Waals surface area contributed by atoms with E-state index in [0.717, 1.165) is 12.1 Å². The van der Waals surface area contributed by atoms with Crippen molar-refractivity contribution >= 4 is 11.6 Å². The first-order valence-corrected chi connectivity index (χ1v) is 6.86. The van der Waals surface area contributed by atoms with Gasteiger partial charge in [-0.2, -0.15) is 13.2 Å². The third kappa shape index (κ3) is 4.87. The number of piperidine rings is 1. The lowest BCUT2D eigenvalue weighted by Gasteiger charge is -2.22. The molecule has 0 aliphatic carbocycles. The molecule has 2 rings (SSSR count). The van der Waals surface area contributed by atoms with Crippen molar-refractivity contribution in [2.24, 2.45) is 5.92 Å². The maximum absolute atomic E-state index is 13.2. The normalized spacial score (nSPS) is 16.4. The van der Waals surface area contributed by atoms with Crippen LogP contribution in [0.4, 0.5) is 23.2 Å². The molecule has 0 saturated carbocycles. The van der Waals surface area contributed by atoms with Gasteiger partial charge in [0.05, 0.1) is 5.69 Å². The summed E-state index contributed by atoms with van der Waals surface area (Å²) in [5.41, 5.74) is 0.0363. The number of halogens is 4. The zero-order chi connectivity index (χ0) is 16.2. The summed E-state index contributed by atoms with van der Waals surface area (Å²) in [5.74, 6) is -1.59. The Labute approximate surface area is 124 Å². The number of carbonyl (C=O) groups is 1. The van der Waals surface area contributed by atoms with E-state index in [1.807, 2.05) is 0 Å². The van der Waals surface area contributed by atoms with Crippen molar-refractivity contribution in [3.8, 4) is 5.75 Å². The SMILES string of the molecule is O=C(Nc1ccc(F)cc1OCC(F)(F)F)C1CCNCC1. The van der Waals surface area contributed by atoms with E-state index in [4.69, 9.17) is 0 Å². The Kier molecular flexibility index (Phi) is 5.23. The predicted octanol–water partition coefficient (Wildman–Crippen LogP) is 2.70. The highest BCUT2D eigenvalue weighted by Gasteiger charge is 2.29. The minimum absolute atomic E-state index is 0.0363. The molecule has 0 atom stereocenters. The monoisotopic (exact) mass is 320 g/mol. The van der Waals surface area contributed by atoms with Gasteiger partial charge in [0.1, 0.15) is 11.6 Å². The van der Waals surface area contributed by atoms with Crippen LogP contribution >= 0.6 is 0 Å². The molecule has 1 amide bonds. The first-order chi connectivity index (χ1) is 10.3. The Bertz CT molecular complexity index is 528. The number of hydrogen-bond acceptors (Lipinski definition) is 3. The number of alkyl halides is 3. The molecule has 0 unspecified atom stereocenters. The third-order valence-corrected chi connectivity index (χ3v) is 3.30. The molecule has 1 aliphatic rings. The lowest BCUT2D eigenvalue weighted by atomic mass is 9.97. The molecule has 2 N–H and O–H groups in total. The van der Waals surface area contributed by atoms with Crippen molar-refractivity contribution in [1.82, 2.24) is 5.32 Å². The molecule has 0 aromatic heterocycles. The van der Waals surface area contributed by atoms with Crippen LogP contribution in [0.25, 0.3) is 0 Å². The van der Waals surface area contributed by atoms with Gasteiger partial charge in [-0.15, -0.1) is 0 Å². The van der Waals surface area contributed by atoms with Crippen LogP contribution < -0.4 is 15.4 Å². The van der Waals surface area contributed by atoms with Crippen molar-refractivity contribution < 1.29 is 27.1 Å². The number of ether oxygens (including phenoxy) is 1. The Hall–Kier alpha value is -1.83. The molecule has 1 heterocycles. The van der Waals surface area contributed by atoms with Gasteiger partial charge >= 0.3 is 6.18 Å². The fourth-order valence-electron chi connectivity index (χ4n) is 2.20. The van der Waals surface area contributed by atoms with Crippen LogP contribution in [0.15, 0.2) is 18.2 Å². The summed E-state index contributed by atoms with van der Waals surface area (Å²) >= 11 is 0. The van der Waals surface area contributed by atoms with E-state index in [9.17, 15) is 22.4 Å². The van der Waals surface area contributed by atoms with Gasteiger partial charge in [0, 0.05) is 12.0 Å². The van der Waals surface area contributed by atoms with Gasteiger partial charge in [0.2, 0.25) is 5.91 Å². The smallest absolute Gasteiger partial charge is 0.422 e. The highest BCUT2D eigenvalue weighted by Crippen LogP contribution is 2.28. The number of rotatable bonds is 4. The minimum atomic E-state index is -4.54. The Morgan fingerprint density at radius 3 is 2.64 bits per heavy atom. The molecule has 1 aromatic carbocycles. The summed E-state index contributed by atoms with van der Waals surface area (Å²) in [6.07, 6.45) is -3.25. The second-order valence-corrected chi connectivity index (χ2v) is 5.06. The highest BCUT2D eigenvalue weighted by atomic mass is 19.4. The van der Waals surface area contributed by atoms with Crippen molar-refractivity contribution in [2.45, 2.75) is 19.0 Å². The topological polar surface area (TPSA) is 50.4 Å². The van der Waals surface area contributed by atoms with Crippen molar-refractivity contribution in [2.75, 3.05) is 25.0 Å². The van der Waals surface area contributed by atoms with Gasteiger partial charge in [0.25, 0.3) is 0 Å². The lowest BCUT2D eigenvalue weighted by Crippen LogP contribution is -2.34. The summed E-state index contributed by atoms with van der Waals surface area (Å²) in [4.78, 5) is 12.1. The van der Waals surface area contributed by atoms with E-state index in [1.54, 1.807) is 0 Å². The molecule has 4 nitrogen and oxygen atoms in total. The highest BCUT2D eigenvalue weighted by molar-refractivity contribution is 5.94. The van der Waals surface area contributed by atoms with Crippen LogP contribution in [-0.2, 0) is 4.79 Å². The van der Waals surface area contributed by atoms with Crippen LogP contribution in [0.2, 0.25) is 0 Å². The number of benzene rings is 1. The van der Waals surface area contributed by atoms with Crippen LogP contribution in [0.3, 0.4) is 0 Å². The van der Waals surface area contributed by atoms with E-state index in [2.05, 4.69) is 15.4 Å². The molecule has 22 heavy (non-hydrogen) atoms. The van der Waals surface area contributed by atoms with E-state index in [0.29, 0.717) is 25.9 Å². The van der Waals surface area contributed by atoms with Gasteiger partial charge in [-0.3, -0.25) is 4.79 Å². The first-order valence-electron chi connectivity index (χ1n) is 6.86. The number of nitrogens with one attached hydrogen (secondary N) is 2. The number of hydrogen-bond donors (Lipinski definition) is 2. The maximum Gasteiger partial charge on any atom is 0.422 e. The van der Waals surface area contributed by atoms with Gasteiger partial charge < -0.3 is 15.4 Å². The van der Waals surface area contributed by atoms with E-state index in [1.165, 1.54) is 6.07 Å². The number of amides is 1. The fourth-order valence-corrected chi connectivity index (χ4v) is 2.20. The summed E-state index contributed by atoms with van der Waals surface area (Å²) in [6.45, 7) is -0.134. The minimum Gasteiger partial charge on any atom is -0.482 e. The second-order valence-electron chi connectivity index (χ2n) is 5.06. The first kappa shape index (κ1) is 16.5. The Morgan fingerprint density at radius 2 is 2.00 bits per heavy atom. The summed E-state index contributed by atoms with van der Waals surface area (Å²) in [5, 5.41) is 5.63. The molecule has 1 fully saturated rings. The summed E-state index contributed by atoms with van der Waals surface area (Å²) < 4.78 is 54.4. The largest absolute Gasteiger partial charge is 0.482 e. The Morgan fingerprint density at radius 1 is 1.32 bits per heavy atom. The van der Waals surface area contributed by atoms with E-state index >= 15 is 0 Å². The third-order valence-electron chi connectivity index (χ3n) is 3.30. The molecule has 8 heteroatoms. The van der Waals surface area contributed by atoms with Crippen LogP contribution in [0.5, 0.6) is 5.75 Å². The fraction of sp³-hybridized carbons (Fsp3) is 0.500. The van der Waals surface area contributed by atoms with Crippen molar-refractivity contribution in [1.29, 1.82) is 0 Å². The Balaban J connectivity index is 2.07. The van der Waals surface area contributed by atoms with E-state index < -0.39 is 18.6 Å². The zero-order valence-corrected chi connectivity index (χ0v) is 11.7. The van der Waals surface area contributed by atoms with Gasteiger partial charge in [-0.1, -0.05) is 0 Å². The molecule has 0 bridgehead atoms. The standard InChI is InChI=1S/C14H16F4N2O2/c15-10-1-2-11(12(7-10)22-8-14(16,17)18)20-13(21)9-3-5-19-6-4-9/h1-2,7,9,19H,3-6,8H2,(H,20,21). The van der Waals surface area contributed by atoms with Gasteiger partial charge in [0.15, 0.2) is 6.61 Å². The predicted molar refractivity (Wildman–Crippen MR) is 72.2 cm³/mol. The summed E-state index contributed by atoms with van der Waals surface area (Å²) in [7, 11) is 0. The van der Waals surface area contributed by atoms with Crippen LogP contribution in [0, 0.1) is 11.7 Å². The number of anilines is 1. The van der Waals surface area contributed by atoms with Crippen LogP contribution in [-0.4, -0.2) is 31.8 Å². The molecule has 0 spiro atoms. The van der Waals surface area contributed by atoms with Crippen molar-refractivity contribution in [3.05, 3.63) is 24.0 Å². The molecular weight excluding hydrogens is 304 g/mol. The zero-order valence-electron chi connectivity index (χ0n) is 11.7. The van der Waals surface area contributed by atoms with Crippen LogP contribution in [0.1, 0.15) is 12.8 Å². The van der Waals surface area contributed by atoms with Gasteiger partial charge in [-0.05, 0) is 38.1 Å². The van der Waals surface area contributed by atoms with Crippen molar-refractivity contribution in [3.63, 3.8) is 0 Å². The number of carbonyl (C=O) groups excluding carboxylic acids is 1. The van der Waals surface area contributed by atoms with Gasteiger partial charge in [-0.25, -0.2) is 4.39 Å².